The van der Waals surface area contributed by atoms with Crippen molar-refractivity contribution in [3.8, 4) is 0 Å². The first-order chi connectivity index (χ1) is 9.76. The highest BCUT2D eigenvalue weighted by Gasteiger charge is 2.30. The third-order valence-electron chi connectivity index (χ3n) is 4.00. The van der Waals surface area contributed by atoms with E-state index in [4.69, 9.17) is 10.3 Å². The number of aromatic nitrogens is 2. The highest BCUT2D eigenvalue weighted by Crippen LogP contribution is 2.32. The molecule has 2 aromatic rings. The van der Waals surface area contributed by atoms with E-state index < -0.39 is 0 Å². The molecule has 1 fully saturated rings. The molecule has 5 heteroatoms. The number of likely N-dealkylation sites (tertiary alicyclic amines) is 1. The van der Waals surface area contributed by atoms with Crippen molar-refractivity contribution in [1.82, 2.24) is 15.0 Å². The monoisotopic (exact) mass is 272 g/mol. The van der Waals surface area contributed by atoms with E-state index in [1.54, 1.807) is 0 Å². The van der Waals surface area contributed by atoms with Gasteiger partial charge in [0.15, 0.2) is 5.82 Å². The van der Waals surface area contributed by atoms with Gasteiger partial charge in [0.2, 0.25) is 5.89 Å². The summed E-state index contributed by atoms with van der Waals surface area (Å²) < 4.78 is 5.06. The van der Waals surface area contributed by atoms with Gasteiger partial charge in [0.25, 0.3) is 0 Å². The van der Waals surface area contributed by atoms with Crippen molar-refractivity contribution in [2.45, 2.75) is 38.4 Å². The molecule has 5 nitrogen and oxygen atoms in total. The van der Waals surface area contributed by atoms with Crippen LogP contribution in [0.25, 0.3) is 0 Å². The molecule has 0 bridgehead atoms. The lowest BCUT2D eigenvalue weighted by molar-refractivity contribution is 0.247. The molecule has 0 spiro atoms. The standard InChI is InChI=1S/C15H20N4O/c1-11-7-13(12-5-3-2-4-6-12)9-19(11)10-14-17-15(8-16)20-18-14/h2-6,11,13H,7-10,16H2,1H3. The van der Waals surface area contributed by atoms with Gasteiger partial charge >= 0.3 is 0 Å². The molecule has 1 aliphatic heterocycles. The Morgan fingerprint density at radius 3 is 2.85 bits per heavy atom. The normalized spacial score (nSPS) is 23.3. The number of nitrogens with two attached hydrogens (primary N) is 1. The predicted molar refractivity (Wildman–Crippen MR) is 75.9 cm³/mol. The van der Waals surface area contributed by atoms with Gasteiger partial charge in [-0.2, -0.15) is 4.98 Å². The van der Waals surface area contributed by atoms with Gasteiger partial charge in [-0.3, -0.25) is 4.90 Å². The summed E-state index contributed by atoms with van der Waals surface area (Å²) in [5, 5.41) is 3.97. The van der Waals surface area contributed by atoms with Crippen molar-refractivity contribution in [1.29, 1.82) is 0 Å². The number of hydrogen-bond donors (Lipinski definition) is 1. The maximum absolute atomic E-state index is 5.49. The molecule has 2 atom stereocenters. The Morgan fingerprint density at radius 2 is 2.15 bits per heavy atom. The molecule has 2 heterocycles. The van der Waals surface area contributed by atoms with Crippen LogP contribution in [0.1, 0.15) is 36.5 Å². The van der Waals surface area contributed by atoms with Crippen LogP contribution in [-0.2, 0) is 13.1 Å². The van der Waals surface area contributed by atoms with Gasteiger partial charge in [0, 0.05) is 12.6 Å². The summed E-state index contributed by atoms with van der Waals surface area (Å²) in [6, 6.07) is 11.2. The molecule has 3 rings (SSSR count). The van der Waals surface area contributed by atoms with Gasteiger partial charge in [-0.1, -0.05) is 35.5 Å². The molecule has 2 N–H and O–H groups in total. The zero-order valence-electron chi connectivity index (χ0n) is 11.7. The van der Waals surface area contributed by atoms with Crippen molar-refractivity contribution in [3.05, 3.63) is 47.6 Å². The highest BCUT2D eigenvalue weighted by atomic mass is 16.5. The van der Waals surface area contributed by atoms with E-state index in [0.717, 1.165) is 18.9 Å². The maximum Gasteiger partial charge on any atom is 0.240 e. The van der Waals surface area contributed by atoms with Crippen molar-refractivity contribution in [2.24, 2.45) is 5.73 Å². The van der Waals surface area contributed by atoms with Crippen LogP contribution in [-0.4, -0.2) is 27.6 Å². The summed E-state index contributed by atoms with van der Waals surface area (Å²) in [7, 11) is 0. The SMILES string of the molecule is CC1CC(c2ccccc2)CN1Cc1noc(CN)n1. The first-order valence-corrected chi connectivity index (χ1v) is 7.06. The Balaban J connectivity index is 1.66. The van der Waals surface area contributed by atoms with Crippen LogP contribution >= 0.6 is 0 Å². The van der Waals surface area contributed by atoms with Crippen LogP contribution in [0.2, 0.25) is 0 Å². The average molecular weight is 272 g/mol. The van der Waals surface area contributed by atoms with Gasteiger partial charge in [0.1, 0.15) is 0 Å². The van der Waals surface area contributed by atoms with Crippen LogP contribution in [0, 0.1) is 0 Å². The third kappa shape index (κ3) is 2.73. The quantitative estimate of drug-likeness (QED) is 0.920. The Labute approximate surface area is 118 Å². The molecule has 0 radical (unpaired) electrons. The second kappa shape index (κ2) is 5.73. The first kappa shape index (κ1) is 13.3. The fraction of sp³-hybridized carbons (Fsp3) is 0.467. The van der Waals surface area contributed by atoms with E-state index >= 15 is 0 Å². The fourth-order valence-electron chi connectivity index (χ4n) is 2.90. The summed E-state index contributed by atoms with van der Waals surface area (Å²) >= 11 is 0. The van der Waals surface area contributed by atoms with Gasteiger partial charge in [-0.25, -0.2) is 0 Å². The minimum absolute atomic E-state index is 0.301. The minimum atomic E-state index is 0.301. The number of rotatable bonds is 4. The Hall–Kier alpha value is -1.72. The molecule has 0 saturated carbocycles. The number of benzene rings is 1. The van der Waals surface area contributed by atoms with Crippen molar-refractivity contribution in [2.75, 3.05) is 6.54 Å². The van der Waals surface area contributed by atoms with E-state index in [2.05, 4.69) is 52.3 Å². The largest absolute Gasteiger partial charge is 0.338 e. The van der Waals surface area contributed by atoms with E-state index in [1.807, 2.05) is 0 Å². The van der Waals surface area contributed by atoms with Crippen LogP contribution < -0.4 is 5.73 Å². The zero-order valence-corrected chi connectivity index (χ0v) is 11.7. The molecule has 0 amide bonds. The lowest BCUT2D eigenvalue weighted by Crippen LogP contribution is -2.27. The fourth-order valence-corrected chi connectivity index (χ4v) is 2.90. The molecule has 0 aliphatic carbocycles. The molecule has 1 aromatic carbocycles. The Kier molecular flexibility index (Phi) is 3.80. The summed E-state index contributed by atoms with van der Waals surface area (Å²) in [5.74, 6) is 1.82. The minimum Gasteiger partial charge on any atom is -0.338 e. The first-order valence-electron chi connectivity index (χ1n) is 7.06. The molecule has 1 saturated heterocycles. The maximum atomic E-state index is 5.49. The molecule has 20 heavy (non-hydrogen) atoms. The third-order valence-corrected chi connectivity index (χ3v) is 4.00. The summed E-state index contributed by atoms with van der Waals surface area (Å²) in [5.41, 5.74) is 6.90. The van der Waals surface area contributed by atoms with E-state index in [-0.39, 0.29) is 0 Å². The molecule has 1 aromatic heterocycles. The lowest BCUT2D eigenvalue weighted by Gasteiger charge is -2.18. The molecular formula is C15H20N4O. The van der Waals surface area contributed by atoms with Crippen molar-refractivity contribution >= 4 is 0 Å². The zero-order chi connectivity index (χ0) is 13.9. The second-order valence-corrected chi connectivity index (χ2v) is 5.43. The van der Waals surface area contributed by atoms with Crippen molar-refractivity contribution < 1.29 is 4.52 Å². The van der Waals surface area contributed by atoms with Gasteiger partial charge < -0.3 is 10.3 Å². The van der Waals surface area contributed by atoms with E-state index in [1.165, 1.54) is 12.0 Å². The molecule has 2 unspecified atom stereocenters. The lowest BCUT2D eigenvalue weighted by atomic mass is 9.97. The molecular weight excluding hydrogens is 252 g/mol. The van der Waals surface area contributed by atoms with Crippen LogP contribution in [0.5, 0.6) is 0 Å². The smallest absolute Gasteiger partial charge is 0.240 e. The Bertz CT molecular complexity index is 554. The predicted octanol–water partition coefficient (Wildman–Crippen LogP) is 1.91. The van der Waals surface area contributed by atoms with Gasteiger partial charge in [-0.15, -0.1) is 0 Å². The average Bonchev–Trinajstić information content (AvgIpc) is 3.08. The second-order valence-electron chi connectivity index (χ2n) is 5.43. The van der Waals surface area contributed by atoms with Crippen LogP contribution in [0.15, 0.2) is 34.9 Å². The summed E-state index contributed by atoms with van der Waals surface area (Å²) in [4.78, 5) is 6.69. The topological polar surface area (TPSA) is 68.2 Å². The van der Waals surface area contributed by atoms with Gasteiger partial charge in [-0.05, 0) is 24.8 Å². The Morgan fingerprint density at radius 1 is 1.35 bits per heavy atom. The molecule has 1 aliphatic rings. The van der Waals surface area contributed by atoms with Crippen molar-refractivity contribution in [3.63, 3.8) is 0 Å². The highest BCUT2D eigenvalue weighted by molar-refractivity contribution is 5.21. The number of nitrogens with zero attached hydrogens (tertiary/aromatic N) is 3. The van der Waals surface area contributed by atoms with E-state index in [0.29, 0.717) is 24.4 Å². The molecule has 106 valence electrons. The van der Waals surface area contributed by atoms with Crippen LogP contribution in [0.3, 0.4) is 0 Å². The summed E-state index contributed by atoms with van der Waals surface area (Å²) in [6.07, 6.45) is 1.17. The number of hydrogen-bond acceptors (Lipinski definition) is 5. The van der Waals surface area contributed by atoms with Gasteiger partial charge in [0.05, 0.1) is 13.1 Å². The van der Waals surface area contributed by atoms with Crippen LogP contribution in [0.4, 0.5) is 0 Å². The summed E-state index contributed by atoms with van der Waals surface area (Å²) in [6.45, 7) is 4.33. The van der Waals surface area contributed by atoms with E-state index in [9.17, 15) is 0 Å².